The topological polar surface area (TPSA) is 35.8 Å². The Bertz CT molecular complexity index is 696. The molecule has 2 rings (SSSR count). The molecule has 102 valence electrons. The molecular weight excluding hydrogens is 322 g/mol. The van der Waals surface area contributed by atoms with E-state index in [1.165, 1.54) is 12.1 Å². The number of hydrogen-bond acceptors (Lipinski definition) is 2. The lowest BCUT2D eigenvalue weighted by atomic mass is 10.2. The van der Waals surface area contributed by atoms with Crippen molar-refractivity contribution in [2.45, 2.75) is 6.54 Å². The monoisotopic (exact) mass is 328 g/mol. The number of hydrogen-bond donors (Lipinski definition) is 1. The summed E-state index contributed by atoms with van der Waals surface area (Å²) in [7, 11) is 0. The third kappa shape index (κ3) is 3.16. The Morgan fingerprint density at radius 2 is 1.80 bits per heavy atom. The summed E-state index contributed by atoms with van der Waals surface area (Å²) in [5.74, 6) is -0.515. The van der Waals surface area contributed by atoms with E-state index in [4.69, 9.17) is 40.1 Å². The molecule has 0 aliphatic carbocycles. The molecule has 0 heterocycles. The van der Waals surface area contributed by atoms with Crippen LogP contribution in [0.5, 0.6) is 0 Å². The van der Waals surface area contributed by atoms with Gasteiger partial charge in [0, 0.05) is 17.1 Å². The first-order valence-electron chi connectivity index (χ1n) is 5.59. The third-order valence-electron chi connectivity index (χ3n) is 2.69. The lowest BCUT2D eigenvalue weighted by Gasteiger charge is -2.11. The van der Waals surface area contributed by atoms with E-state index in [1.807, 2.05) is 6.07 Å². The van der Waals surface area contributed by atoms with Crippen LogP contribution in [-0.4, -0.2) is 0 Å². The molecule has 0 atom stereocenters. The van der Waals surface area contributed by atoms with E-state index < -0.39 is 5.82 Å². The van der Waals surface area contributed by atoms with Gasteiger partial charge in [-0.2, -0.15) is 5.26 Å². The number of anilines is 1. The van der Waals surface area contributed by atoms with Gasteiger partial charge in [0.15, 0.2) is 0 Å². The molecule has 6 heteroatoms. The Hall–Kier alpha value is -1.47. The van der Waals surface area contributed by atoms with Crippen LogP contribution in [0.25, 0.3) is 0 Å². The summed E-state index contributed by atoms with van der Waals surface area (Å²) in [6, 6.07) is 9.25. The third-order valence-corrected chi connectivity index (χ3v) is 3.89. The Labute approximate surface area is 130 Å². The summed E-state index contributed by atoms with van der Waals surface area (Å²) >= 11 is 18.0. The molecule has 0 bridgehead atoms. The highest BCUT2D eigenvalue weighted by molar-refractivity contribution is 6.44. The van der Waals surface area contributed by atoms with Crippen LogP contribution < -0.4 is 5.32 Å². The van der Waals surface area contributed by atoms with Gasteiger partial charge in [0.25, 0.3) is 0 Å². The minimum Gasteiger partial charge on any atom is -0.378 e. The van der Waals surface area contributed by atoms with Crippen LogP contribution in [0, 0.1) is 17.1 Å². The highest BCUT2D eigenvalue weighted by Crippen LogP contribution is 2.32. The maximum absolute atomic E-state index is 13.7. The highest BCUT2D eigenvalue weighted by Gasteiger charge is 2.10. The Morgan fingerprint density at radius 3 is 2.45 bits per heavy atom. The maximum atomic E-state index is 13.7. The molecule has 2 aromatic rings. The molecule has 1 N–H and O–H groups in total. The maximum Gasteiger partial charge on any atom is 0.147 e. The van der Waals surface area contributed by atoms with E-state index in [0.29, 0.717) is 20.6 Å². The SMILES string of the molecule is N#Cc1ccc(NCc2c(Cl)ccc(Cl)c2Cl)c(F)c1. The molecule has 0 aliphatic heterocycles. The first-order chi connectivity index (χ1) is 9.52. The molecule has 0 saturated heterocycles. The van der Waals surface area contributed by atoms with Crippen LogP contribution in [0.3, 0.4) is 0 Å². The zero-order valence-electron chi connectivity index (χ0n) is 10.1. The largest absolute Gasteiger partial charge is 0.378 e. The molecule has 0 amide bonds. The van der Waals surface area contributed by atoms with E-state index in [9.17, 15) is 4.39 Å². The van der Waals surface area contributed by atoms with Crippen LogP contribution in [0.2, 0.25) is 15.1 Å². The van der Waals surface area contributed by atoms with Gasteiger partial charge in [-0.15, -0.1) is 0 Å². The minimum absolute atomic E-state index is 0.223. The number of rotatable bonds is 3. The van der Waals surface area contributed by atoms with E-state index in [-0.39, 0.29) is 17.8 Å². The van der Waals surface area contributed by atoms with Crippen molar-refractivity contribution >= 4 is 40.5 Å². The van der Waals surface area contributed by atoms with Crippen molar-refractivity contribution in [1.82, 2.24) is 0 Å². The molecule has 2 aromatic carbocycles. The summed E-state index contributed by atoms with van der Waals surface area (Å²) in [5, 5.41) is 12.7. The first kappa shape index (κ1) is 14.9. The Kier molecular flexibility index (Phi) is 4.72. The van der Waals surface area contributed by atoms with Crippen LogP contribution in [0.4, 0.5) is 10.1 Å². The standard InChI is InChI=1S/C14H8Cl3FN2/c15-10-2-3-11(16)14(17)9(10)7-20-13-4-1-8(6-19)5-12(13)18/h1-5,20H,7H2. The molecular formula is C14H8Cl3FN2. The number of nitriles is 1. The zero-order valence-corrected chi connectivity index (χ0v) is 12.3. The van der Waals surface area contributed by atoms with Crippen LogP contribution in [-0.2, 0) is 6.54 Å². The Balaban J connectivity index is 2.22. The first-order valence-corrected chi connectivity index (χ1v) is 6.72. The average molecular weight is 330 g/mol. The summed E-state index contributed by atoms with van der Waals surface area (Å²) in [6.07, 6.45) is 0. The van der Waals surface area contributed by atoms with Crippen molar-refractivity contribution in [2.24, 2.45) is 0 Å². The fourth-order valence-electron chi connectivity index (χ4n) is 1.64. The predicted molar refractivity (Wildman–Crippen MR) is 79.9 cm³/mol. The second kappa shape index (κ2) is 6.32. The second-order valence-electron chi connectivity index (χ2n) is 3.98. The summed E-state index contributed by atoms with van der Waals surface area (Å²) in [5.41, 5.74) is 1.10. The fourth-order valence-corrected chi connectivity index (χ4v) is 2.32. The molecule has 0 aliphatic rings. The van der Waals surface area contributed by atoms with Gasteiger partial charge in [-0.05, 0) is 30.3 Å². The van der Waals surface area contributed by atoms with E-state index in [0.717, 1.165) is 6.07 Å². The molecule has 0 unspecified atom stereocenters. The van der Waals surface area contributed by atoms with Crippen LogP contribution >= 0.6 is 34.8 Å². The minimum atomic E-state index is -0.515. The van der Waals surface area contributed by atoms with Gasteiger partial charge in [0.05, 0.1) is 27.4 Å². The van der Waals surface area contributed by atoms with Gasteiger partial charge >= 0.3 is 0 Å². The molecule has 0 aromatic heterocycles. The van der Waals surface area contributed by atoms with Crippen molar-refractivity contribution in [3.8, 4) is 6.07 Å². The van der Waals surface area contributed by atoms with Crippen molar-refractivity contribution in [3.63, 3.8) is 0 Å². The van der Waals surface area contributed by atoms with Crippen molar-refractivity contribution in [2.75, 3.05) is 5.32 Å². The lowest BCUT2D eigenvalue weighted by molar-refractivity contribution is 0.629. The Morgan fingerprint density at radius 1 is 1.10 bits per heavy atom. The average Bonchev–Trinajstić information content (AvgIpc) is 2.44. The van der Waals surface area contributed by atoms with Gasteiger partial charge in [-0.1, -0.05) is 34.8 Å². The van der Waals surface area contributed by atoms with Crippen LogP contribution in [0.1, 0.15) is 11.1 Å². The summed E-state index contributed by atoms with van der Waals surface area (Å²) in [6.45, 7) is 0.223. The van der Waals surface area contributed by atoms with Gasteiger partial charge in [-0.25, -0.2) is 4.39 Å². The number of nitrogens with one attached hydrogen (secondary N) is 1. The predicted octanol–water partition coefficient (Wildman–Crippen LogP) is 5.27. The lowest BCUT2D eigenvalue weighted by Crippen LogP contribution is -2.03. The van der Waals surface area contributed by atoms with E-state index in [2.05, 4.69) is 5.32 Å². The van der Waals surface area contributed by atoms with Crippen molar-refractivity contribution < 1.29 is 4.39 Å². The normalized spacial score (nSPS) is 10.2. The van der Waals surface area contributed by atoms with Gasteiger partial charge in [0.1, 0.15) is 5.82 Å². The molecule has 0 radical (unpaired) electrons. The smallest absolute Gasteiger partial charge is 0.147 e. The van der Waals surface area contributed by atoms with Gasteiger partial charge in [-0.3, -0.25) is 0 Å². The number of nitrogens with zero attached hydrogens (tertiary/aromatic N) is 1. The summed E-state index contributed by atoms with van der Waals surface area (Å²) in [4.78, 5) is 0. The molecule has 2 nitrogen and oxygen atoms in total. The summed E-state index contributed by atoms with van der Waals surface area (Å²) < 4.78 is 13.7. The van der Waals surface area contributed by atoms with Crippen molar-refractivity contribution in [3.05, 3.63) is 62.3 Å². The molecule has 0 saturated carbocycles. The molecule has 0 spiro atoms. The zero-order chi connectivity index (χ0) is 14.7. The van der Waals surface area contributed by atoms with Gasteiger partial charge in [0.2, 0.25) is 0 Å². The molecule has 0 fully saturated rings. The number of halogens is 4. The quantitative estimate of drug-likeness (QED) is 0.779. The second-order valence-corrected chi connectivity index (χ2v) is 5.17. The highest BCUT2D eigenvalue weighted by atomic mass is 35.5. The fraction of sp³-hybridized carbons (Fsp3) is 0.0714. The van der Waals surface area contributed by atoms with Crippen molar-refractivity contribution in [1.29, 1.82) is 5.26 Å². The number of benzene rings is 2. The molecule has 20 heavy (non-hydrogen) atoms. The van der Waals surface area contributed by atoms with Gasteiger partial charge < -0.3 is 5.32 Å². The van der Waals surface area contributed by atoms with E-state index in [1.54, 1.807) is 12.1 Å². The van der Waals surface area contributed by atoms with Crippen LogP contribution in [0.15, 0.2) is 30.3 Å². The van der Waals surface area contributed by atoms with E-state index >= 15 is 0 Å².